The Bertz CT molecular complexity index is 895. The van der Waals surface area contributed by atoms with E-state index in [1.54, 1.807) is 29.1 Å². The molecule has 1 saturated heterocycles. The average Bonchev–Trinajstić information content (AvgIpc) is 3.07. The highest BCUT2D eigenvalue weighted by molar-refractivity contribution is 6.30. The topological polar surface area (TPSA) is 71.8 Å². The Labute approximate surface area is 168 Å². The second kappa shape index (κ2) is 7.97. The monoisotopic (exact) mass is 402 g/mol. The number of likely N-dealkylation sites (tertiary alicyclic amines) is 1. The van der Waals surface area contributed by atoms with Crippen molar-refractivity contribution in [2.75, 3.05) is 13.1 Å². The highest BCUT2D eigenvalue weighted by Gasteiger charge is 2.43. The van der Waals surface area contributed by atoms with E-state index in [1.807, 2.05) is 17.0 Å². The molecule has 1 N–H and O–H groups in total. The fourth-order valence-electron chi connectivity index (χ4n) is 4.24. The molecule has 1 aliphatic carbocycles. The molecule has 148 valence electrons. The molecule has 2 fully saturated rings. The number of fused-ring (bicyclic) bond motifs is 1. The minimum atomic E-state index is -0.561. The van der Waals surface area contributed by atoms with Crippen molar-refractivity contribution < 1.29 is 14.6 Å². The molecular weight excluding hydrogens is 380 g/mol. The number of halogens is 1. The Morgan fingerprint density at radius 2 is 1.86 bits per heavy atom. The van der Waals surface area contributed by atoms with E-state index in [4.69, 9.17) is 16.3 Å². The normalized spacial score (nSPS) is 26.7. The van der Waals surface area contributed by atoms with Crippen molar-refractivity contribution in [1.29, 1.82) is 0 Å². The highest BCUT2D eigenvalue weighted by atomic mass is 35.5. The van der Waals surface area contributed by atoms with Gasteiger partial charge in [0.1, 0.15) is 18.4 Å². The number of amides is 1. The van der Waals surface area contributed by atoms with E-state index in [-0.39, 0.29) is 29.9 Å². The van der Waals surface area contributed by atoms with E-state index in [1.165, 1.54) is 12.1 Å². The maximum Gasteiger partial charge on any atom is 0.242 e. The second-order valence-electron chi connectivity index (χ2n) is 7.68. The summed E-state index contributed by atoms with van der Waals surface area (Å²) in [6.45, 7) is 1.54. The molecule has 0 bridgehead atoms. The molecule has 28 heavy (non-hydrogen) atoms. The summed E-state index contributed by atoms with van der Waals surface area (Å²) in [4.78, 5) is 25.7. The van der Waals surface area contributed by atoms with Crippen LogP contribution < -0.4 is 10.2 Å². The first-order chi connectivity index (χ1) is 13.5. The third-order valence-electron chi connectivity index (χ3n) is 5.70. The number of hydrogen-bond acceptors (Lipinski definition) is 4. The molecule has 2 heterocycles. The summed E-state index contributed by atoms with van der Waals surface area (Å²) in [6, 6.07) is 10.1. The first-order valence-electron chi connectivity index (χ1n) is 9.52. The van der Waals surface area contributed by atoms with Gasteiger partial charge in [0.05, 0.1) is 6.10 Å². The SMILES string of the molecule is O=C(Cn1ccc(=O)cc1)N1C[C@H]2C[C@@H](Oc3cccc(Cl)c3)[C@H](O)C[C@H]2C1. The van der Waals surface area contributed by atoms with Crippen molar-refractivity contribution in [2.45, 2.75) is 31.6 Å². The Hall–Kier alpha value is -2.31. The maximum absolute atomic E-state index is 12.7. The molecule has 4 rings (SSSR count). The minimum absolute atomic E-state index is 0.0276. The molecule has 0 spiro atoms. The molecule has 0 unspecified atom stereocenters. The van der Waals surface area contributed by atoms with Crippen LogP contribution in [0.2, 0.25) is 5.02 Å². The lowest BCUT2D eigenvalue weighted by atomic mass is 9.78. The summed E-state index contributed by atoms with van der Waals surface area (Å²) in [7, 11) is 0. The zero-order chi connectivity index (χ0) is 19.7. The predicted molar refractivity (Wildman–Crippen MR) is 105 cm³/mol. The number of aliphatic hydroxyl groups excluding tert-OH is 1. The zero-order valence-electron chi connectivity index (χ0n) is 15.4. The average molecular weight is 403 g/mol. The number of hydrogen-bond donors (Lipinski definition) is 1. The van der Waals surface area contributed by atoms with Crippen LogP contribution in [0.3, 0.4) is 0 Å². The van der Waals surface area contributed by atoms with Gasteiger partial charge >= 0.3 is 0 Å². The summed E-state index contributed by atoms with van der Waals surface area (Å²) >= 11 is 6.01. The Morgan fingerprint density at radius 1 is 1.14 bits per heavy atom. The highest BCUT2D eigenvalue weighted by Crippen LogP contribution is 2.38. The lowest BCUT2D eigenvalue weighted by Gasteiger charge is -2.35. The molecule has 1 saturated carbocycles. The van der Waals surface area contributed by atoms with Gasteiger partial charge in [0.25, 0.3) is 0 Å². The maximum atomic E-state index is 12.7. The second-order valence-corrected chi connectivity index (χ2v) is 8.11. The fourth-order valence-corrected chi connectivity index (χ4v) is 4.42. The first kappa shape index (κ1) is 19.0. The van der Waals surface area contributed by atoms with Crippen LogP contribution in [-0.4, -0.2) is 45.8 Å². The van der Waals surface area contributed by atoms with Crippen LogP contribution in [0.4, 0.5) is 0 Å². The Balaban J connectivity index is 1.37. The van der Waals surface area contributed by atoms with E-state index in [2.05, 4.69) is 0 Å². The zero-order valence-corrected chi connectivity index (χ0v) is 16.2. The van der Waals surface area contributed by atoms with Crippen LogP contribution >= 0.6 is 11.6 Å². The molecule has 1 aromatic carbocycles. The third-order valence-corrected chi connectivity index (χ3v) is 5.93. The van der Waals surface area contributed by atoms with Gasteiger partial charge in [0, 0.05) is 42.6 Å². The van der Waals surface area contributed by atoms with Crippen molar-refractivity contribution in [3.8, 4) is 5.75 Å². The number of pyridine rings is 1. The van der Waals surface area contributed by atoms with Crippen molar-refractivity contribution in [1.82, 2.24) is 9.47 Å². The molecule has 1 amide bonds. The number of aromatic nitrogens is 1. The lowest BCUT2D eigenvalue weighted by molar-refractivity contribution is -0.131. The van der Waals surface area contributed by atoms with Crippen LogP contribution in [0.15, 0.2) is 53.6 Å². The van der Waals surface area contributed by atoms with E-state index >= 15 is 0 Å². The van der Waals surface area contributed by atoms with Crippen LogP contribution in [0, 0.1) is 11.8 Å². The molecule has 2 aromatic rings. The largest absolute Gasteiger partial charge is 0.488 e. The van der Waals surface area contributed by atoms with Gasteiger partial charge in [-0.2, -0.15) is 0 Å². The van der Waals surface area contributed by atoms with E-state index in [0.717, 1.165) is 0 Å². The summed E-state index contributed by atoms with van der Waals surface area (Å²) in [5, 5.41) is 11.1. The standard InChI is InChI=1S/C21H23ClN2O4/c22-16-2-1-3-18(10-16)28-20-9-15-12-24(11-14(15)8-19(20)26)21(27)13-23-6-4-17(25)5-7-23/h1-7,10,14-15,19-20,26H,8-9,11-13H2/t14-,15+,19+,20+/m0/s1. The molecule has 1 aliphatic heterocycles. The molecule has 2 aliphatic rings. The van der Waals surface area contributed by atoms with Crippen molar-refractivity contribution >= 4 is 17.5 Å². The van der Waals surface area contributed by atoms with Gasteiger partial charge in [-0.15, -0.1) is 0 Å². The quantitative estimate of drug-likeness (QED) is 0.850. The van der Waals surface area contributed by atoms with Crippen molar-refractivity contribution in [3.05, 3.63) is 64.0 Å². The predicted octanol–water partition coefficient (Wildman–Crippen LogP) is 2.18. The smallest absolute Gasteiger partial charge is 0.242 e. The van der Waals surface area contributed by atoms with E-state index < -0.39 is 6.10 Å². The number of ether oxygens (including phenoxy) is 1. The summed E-state index contributed by atoms with van der Waals surface area (Å²) in [5.74, 6) is 1.27. The van der Waals surface area contributed by atoms with Crippen LogP contribution in [-0.2, 0) is 11.3 Å². The van der Waals surface area contributed by atoms with E-state index in [0.29, 0.717) is 42.6 Å². The van der Waals surface area contributed by atoms with Crippen LogP contribution in [0.5, 0.6) is 5.75 Å². The van der Waals surface area contributed by atoms with Gasteiger partial charge in [0.2, 0.25) is 5.91 Å². The first-order valence-corrected chi connectivity index (χ1v) is 9.90. The van der Waals surface area contributed by atoms with Crippen LogP contribution in [0.25, 0.3) is 0 Å². The van der Waals surface area contributed by atoms with Gasteiger partial charge in [-0.25, -0.2) is 0 Å². The lowest BCUT2D eigenvalue weighted by Crippen LogP contribution is -2.42. The number of carbonyl (C=O) groups excluding carboxylic acids is 1. The molecular formula is C21H23ClN2O4. The summed E-state index contributed by atoms with van der Waals surface area (Å²) in [6.07, 6.45) is 3.73. The Morgan fingerprint density at radius 3 is 2.57 bits per heavy atom. The van der Waals surface area contributed by atoms with Gasteiger partial charge in [-0.3, -0.25) is 9.59 Å². The molecule has 1 aromatic heterocycles. The van der Waals surface area contributed by atoms with Gasteiger partial charge in [-0.05, 0) is 42.9 Å². The van der Waals surface area contributed by atoms with Crippen LogP contribution in [0.1, 0.15) is 12.8 Å². The van der Waals surface area contributed by atoms with Gasteiger partial charge in [-0.1, -0.05) is 17.7 Å². The molecule has 7 heteroatoms. The third kappa shape index (κ3) is 4.23. The summed E-state index contributed by atoms with van der Waals surface area (Å²) in [5.41, 5.74) is -0.0735. The van der Waals surface area contributed by atoms with Crippen molar-refractivity contribution in [2.24, 2.45) is 11.8 Å². The number of benzene rings is 1. The fraction of sp³-hybridized carbons (Fsp3) is 0.429. The minimum Gasteiger partial charge on any atom is -0.488 e. The van der Waals surface area contributed by atoms with E-state index in [9.17, 15) is 14.7 Å². The molecule has 0 radical (unpaired) electrons. The van der Waals surface area contributed by atoms with Gasteiger partial charge < -0.3 is 19.3 Å². The molecule has 6 nitrogen and oxygen atoms in total. The number of rotatable bonds is 4. The number of aliphatic hydroxyl groups is 1. The number of carbonyl (C=O) groups is 1. The van der Waals surface area contributed by atoms with Crippen molar-refractivity contribution in [3.63, 3.8) is 0 Å². The molecule has 4 atom stereocenters. The summed E-state index contributed by atoms with van der Waals surface area (Å²) < 4.78 is 7.70. The number of nitrogens with zero attached hydrogens (tertiary/aromatic N) is 2. The Kier molecular flexibility index (Phi) is 5.42. The van der Waals surface area contributed by atoms with Gasteiger partial charge in [0.15, 0.2) is 5.43 Å².